The van der Waals surface area contributed by atoms with E-state index in [0.29, 0.717) is 12.6 Å². The van der Waals surface area contributed by atoms with E-state index in [1.165, 1.54) is 0 Å². The van der Waals surface area contributed by atoms with Crippen molar-refractivity contribution < 1.29 is 4.79 Å². The SMILES string of the molecule is CC1NCCCC1NC(=O)C(C)(C)CN. The molecule has 1 saturated heterocycles. The molecule has 0 aliphatic carbocycles. The number of hydrogen-bond acceptors (Lipinski definition) is 3. The fraction of sp³-hybridized carbons (Fsp3) is 0.909. The molecule has 1 aliphatic heterocycles. The van der Waals surface area contributed by atoms with E-state index in [1.807, 2.05) is 13.8 Å². The lowest BCUT2D eigenvalue weighted by Gasteiger charge is -2.33. The van der Waals surface area contributed by atoms with Crippen LogP contribution in [0.4, 0.5) is 0 Å². The van der Waals surface area contributed by atoms with Gasteiger partial charge in [0.2, 0.25) is 5.91 Å². The lowest BCUT2D eigenvalue weighted by Crippen LogP contribution is -2.55. The third kappa shape index (κ3) is 3.18. The zero-order valence-corrected chi connectivity index (χ0v) is 9.97. The Morgan fingerprint density at radius 3 is 2.80 bits per heavy atom. The number of carbonyl (C=O) groups is 1. The first-order valence-electron chi connectivity index (χ1n) is 5.72. The van der Waals surface area contributed by atoms with Gasteiger partial charge in [-0.15, -0.1) is 0 Å². The van der Waals surface area contributed by atoms with Gasteiger partial charge in [-0.1, -0.05) is 0 Å². The molecule has 0 aromatic rings. The van der Waals surface area contributed by atoms with Crippen LogP contribution in [0.1, 0.15) is 33.6 Å². The molecular weight excluding hydrogens is 190 g/mol. The maximum absolute atomic E-state index is 11.9. The average Bonchev–Trinajstić information content (AvgIpc) is 2.21. The fourth-order valence-electron chi connectivity index (χ4n) is 1.70. The van der Waals surface area contributed by atoms with Gasteiger partial charge in [0, 0.05) is 18.6 Å². The van der Waals surface area contributed by atoms with E-state index < -0.39 is 5.41 Å². The van der Waals surface area contributed by atoms with E-state index in [0.717, 1.165) is 19.4 Å². The Balaban J connectivity index is 2.50. The standard InChI is InChI=1S/C11H23N3O/c1-8-9(5-4-6-13-8)14-10(15)11(2,3)7-12/h8-9,13H,4-7,12H2,1-3H3,(H,14,15). The molecule has 1 aliphatic rings. The molecule has 0 aromatic carbocycles. The van der Waals surface area contributed by atoms with Crippen molar-refractivity contribution >= 4 is 5.91 Å². The number of rotatable bonds is 3. The molecule has 0 radical (unpaired) electrons. The predicted octanol–water partition coefficient (Wildman–Crippen LogP) is 0.228. The van der Waals surface area contributed by atoms with Crippen molar-refractivity contribution in [1.29, 1.82) is 0 Å². The molecule has 4 heteroatoms. The Bertz CT molecular complexity index is 228. The van der Waals surface area contributed by atoms with E-state index in [2.05, 4.69) is 17.6 Å². The first-order chi connectivity index (χ1) is 6.97. The number of amides is 1. The van der Waals surface area contributed by atoms with Crippen molar-refractivity contribution in [2.45, 2.75) is 45.7 Å². The maximum atomic E-state index is 11.9. The van der Waals surface area contributed by atoms with Crippen LogP contribution in [0.25, 0.3) is 0 Å². The highest BCUT2D eigenvalue weighted by Gasteiger charge is 2.30. The van der Waals surface area contributed by atoms with Gasteiger partial charge in [0.1, 0.15) is 0 Å². The van der Waals surface area contributed by atoms with Gasteiger partial charge in [-0.2, -0.15) is 0 Å². The van der Waals surface area contributed by atoms with Crippen LogP contribution in [-0.4, -0.2) is 31.1 Å². The second-order valence-corrected chi connectivity index (χ2v) is 5.05. The van der Waals surface area contributed by atoms with Crippen LogP contribution in [-0.2, 0) is 4.79 Å². The summed E-state index contributed by atoms with van der Waals surface area (Å²) in [7, 11) is 0. The van der Waals surface area contributed by atoms with E-state index in [-0.39, 0.29) is 11.9 Å². The van der Waals surface area contributed by atoms with Crippen LogP contribution >= 0.6 is 0 Å². The minimum absolute atomic E-state index is 0.0607. The zero-order chi connectivity index (χ0) is 11.5. The first-order valence-corrected chi connectivity index (χ1v) is 5.72. The van der Waals surface area contributed by atoms with E-state index >= 15 is 0 Å². The van der Waals surface area contributed by atoms with Gasteiger partial charge in [0.05, 0.1) is 5.41 Å². The van der Waals surface area contributed by atoms with Crippen molar-refractivity contribution in [3.05, 3.63) is 0 Å². The minimum Gasteiger partial charge on any atom is -0.351 e. The molecule has 88 valence electrons. The minimum atomic E-state index is -0.461. The molecular formula is C11H23N3O. The molecule has 0 bridgehead atoms. The van der Waals surface area contributed by atoms with Crippen LogP contribution in [0.5, 0.6) is 0 Å². The van der Waals surface area contributed by atoms with Crippen molar-refractivity contribution in [2.24, 2.45) is 11.1 Å². The number of hydrogen-bond donors (Lipinski definition) is 3. The summed E-state index contributed by atoms with van der Waals surface area (Å²) in [6, 6.07) is 0.605. The third-order valence-electron chi connectivity index (χ3n) is 3.20. The smallest absolute Gasteiger partial charge is 0.227 e. The van der Waals surface area contributed by atoms with Crippen LogP contribution in [0.2, 0.25) is 0 Å². The molecule has 1 amide bonds. The van der Waals surface area contributed by atoms with Crippen molar-refractivity contribution in [1.82, 2.24) is 10.6 Å². The van der Waals surface area contributed by atoms with E-state index in [1.54, 1.807) is 0 Å². The number of nitrogens with one attached hydrogen (secondary N) is 2. The normalized spacial score (nSPS) is 27.5. The Kier molecular flexibility index (Phi) is 4.11. The molecule has 4 nitrogen and oxygen atoms in total. The summed E-state index contributed by atoms with van der Waals surface area (Å²) in [5.41, 5.74) is 5.11. The Morgan fingerprint density at radius 1 is 1.60 bits per heavy atom. The molecule has 4 N–H and O–H groups in total. The number of piperidine rings is 1. The second kappa shape index (κ2) is 4.94. The van der Waals surface area contributed by atoms with Crippen LogP contribution in [0.15, 0.2) is 0 Å². The van der Waals surface area contributed by atoms with Crippen LogP contribution < -0.4 is 16.4 Å². The van der Waals surface area contributed by atoms with Gasteiger partial charge in [-0.3, -0.25) is 4.79 Å². The molecule has 15 heavy (non-hydrogen) atoms. The monoisotopic (exact) mass is 213 g/mol. The summed E-state index contributed by atoms with van der Waals surface area (Å²) in [5.74, 6) is 0.0607. The maximum Gasteiger partial charge on any atom is 0.227 e. The van der Waals surface area contributed by atoms with Gasteiger partial charge in [-0.25, -0.2) is 0 Å². The van der Waals surface area contributed by atoms with Crippen LogP contribution in [0.3, 0.4) is 0 Å². The number of carbonyl (C=O) groups excluding carboxylic acids is 1. The summed E-state index contributed by atoms with van der Waals surface area (Å²) in [6.07, 6.45) is 2.18. The lowest BCUT2D eigenvalue weighted by molar-refractivity contribution is -0.130. The van der Waals surface area contributed by atoms with E-state index in [4.69, 9.17) is 5.73 Å². The molecule has 2 unspecified atom stereocenters. The number of nitrogens with two attached hydrogens (primary N) is 1. The zero-order valence-electron chi connectivity index (χ0n) is 9.97. The van der Waals surface area contributed by atoms with Crippen molar-refractivity contribution in [3.63, 3.8) is 0 Å². The Morgan fingerprint density at radius 2 is 2.27 bits per heavy atom. The third-order valence-corrected chi connectivity index (χ3v) is 3.20. The van der Waals surface area contributed by atoms with Crippen molar-refractivity contribution in [3.8, 4) is 0 Å². The fourth-order valence-corrected chi connectivity index (χ4v) is 1.70. The van der Waals surface area contributed by atoms with Gasteiger partial charge in [0.25, 0.3) is 0 Å². The Labute approximate surface area is 92.0 Å². The second-order valence-electron chi connectivity index (χ2n) is 5.05. The molecule has 0 saturated carbocycles. The van der Waals surface area contributed by atoms with Crippen molar-refractivity contribution in [2.75, 3.05) is 13.1 Å². The summed E-state index contributed by atoms with van der Waals surface area (Å²) in [5, 5.41) is 6.44. The average molecular weight is 213 g/mol. The molecule has 1 heterocycles. The van der Waals surface area contributed by atoms with E-state index in [9.17, 15) is 4.79 Å². The summed E-state index contributed by atoms with van der Waals surface area (Å²) >= 11 is 0. The molecule has 1 fully saturated rings. The van der Waals surface area contributed by atoms with Gasteiger partial charge < -0.3 is 16.4 Å². The van der Waals surface area contributed by atoms with Gasteiger partial charge in [0.15, 0.2) is 0 Å². The highest BCUT2D eigenvalue weighted by Crippen LogP contribution is 2.15. The Hall–Kier alpha value is -0.610. The first kappa shape index (κ1) is 12.5. The molecule has 2 atom stereocenters. The molecule has 1 rings (SSSR count). The molecule has 0 aromatic heterocycles. The summed E-state index contributed by atoms with van der Waals surface area (Å²) in [4.78, 5) is 11.9. The van der Waals surface area contributed by atoms with Gasteiger partial charge in [-0.05, 0) is 40.2 Å². The quantitative estimate of drug-likeness (QED) is 0.628. The topological polar surface area (TPSA) is 67.1 Å². The van der Waals surface area contributed by atoms with Gasteiger partial charge >= 0.3 is 0 Å². The summed E-state index contributed by atoms with van der Waals surface area (Å²) < 4.78 is 0. The highest BCUT2D eigenvalue weighted by atomic mass is 16.2. The largest absolute Gasteiger partial charge is 0.351 e. The lowest BCUT2D eigenvalue weighted by atomic mass is 9.91. The molecule has 0 spiro atoms. The summed E-state index contributed by atoms with van der Waals surface area (Å²) in [6.45, 7) is 7.30. The van der Waals surface area contributed by atoms with Crippen LogP contribution in [0, 0.1) is 5.41 Å². The predicted molar refractivity (Wildman–Crippen MR) is 61.5 cm³/mol. The highest BCUT2D eigenvalue weighted by molar-refractivity contribution is 5.82.